The molecule has 1 unspecified atom stereocenters. The summed E-state index contributed by atoms with van der Waals surface area (Å²) in [7, 11) is 3.66. The molecule has 0 spiro atoms. The molecule has 0 fully saturated rings. The number of carbonyl (C=O) groups is 1. The second-order valence-corrected chi connectivity index (χ2v) is 6.40. The van der Waals surface area contributed by atoms with E-state index in [4.69, 9.17) is 11.6 Å². The first-order valence-corrected chi connectivity index (χ1v) is 7.69. The van der Waals surface area contributed by atoms with Crippen molar-refractivity contribution in [2.75, 3.05) is 12.4 Å². The van der Waals surface area contributed by atoms with E-state index < -0.39 is 0 Å². The second-order valence-electron chi connectivity index (χ2n) is 4.93. The lowest BCUT2D eigenvalue weighted by Gasteiger charge is -2.10. The molecule has 1 aromatic heterocycles. The van der Waals surface area contributed by atoms with Crippen molar-refractivity contribution in [3.8, 4) is 0 Å². The number of carbonyl (C=O) groups excluding carboxylic acids is 1. The fourth-order valence-electron chi connectivity index (χ4n) is 2.42. The number of fused-ring (bicyclic) bond motifs is 1. The van der Waals surface area contributed by atoms with Crippen LogP contribution in [0.25, 0.3) is 0 Å². The van der Waals surface area contributed by atoms with Gasteiger partial charge in [0, 0.05) is 23.2 Å². The van der Waals surface area contributed by atoms with E-state index in [-0.39, 0.29) is 11.9 Å². The van der Waals surface area contributed by atoms with E-state index in [0.29, 0.717) is 5.02 Å². The zero-order valence-corrected chi connectivity index (χ0v) is 13.5. The molecule has 0 saturated carbocycles. The largest absolute Gasteiger partial charge is 0.324 e. The van der Waals surface area contributed by atoms with Crippen LogP contribution in [0, 0.1) is 6.92 Å². The highest BCUT2D eigenvalue weighted by molar-refractivity contribution is 7.99. The van der Waals surface area contributed by atoms with Gasteiger partial charge in [0.1, 0.15) is 6.04 Å². The molecule has 2 aromatic rings. The smallest absolute Gasteiger partial charge is 0.246 e. The van der Waals surface area contributed by atoms with E-state index in [2.05, 4.69) is 15.7 Å². The Morgan fingerprint density at radius 2 is 2.19 bits per heavy atom. The summed E-state index contributed by atoms with van der Waals surface area (Å²) in [5.41, 5.74) is 2.66. The molecule has 2 heterocycles. The fraction of sp³-hybridized carbons (Fsp3) is 0.286. The van der Waals surface area contributed by atoms with Gasteiger partial charge in [-0.1, -0.05) is 23.4 Å². The number of hydrogen-bond donors (Lipinski definition) is 2. The number of anilines is 1. The Hall–Kier alpha value is -1.50. The highest BCUT2D eigenvalue weighted by Gasteiger charge is 2.30. The van der Waals surface area contributed by atoms with E-state index in [1.807, 2.05) is 36.9 Å². The number of nitrogens with zero attached hydrogens (tertiary/aromatic N) is 2. The number of hydrogen-bond acceptors (Lipinski definition) is 4. The van der Waals surface area contributed by atoms with Crippen molar-refractivity contribution in [3.05, 3.63) is 34.5 Å². The molecule has 110 valence electrons. The first-order chi connectivity index (χ1) is 9.99. The molecule has 1 aliphatic heterocycles. The predicted octanol–water partition coefficient (Wildman–Crippen LogP) is 2.75. The molecule has 0 bridgehead atoms. The summed E-state index contributed by atoms with van der Waals surface area (Å²) in [6.45, 7) is 1.95. The quantitative estimate of drug-likeness (QED) is 0.912. The first-order valence-electron chi connectivity index (χ1n) is 6.49. The zero-order chi connectivity index (χ0) is 15.1. The Labute approximate surface area is 132 Å². The number of aryl methyl sites for hydroxylation is 2. The van der Waals surface area contributed by atoms with E-state index in [9.17, 15) is 4.79 Å². The zero-order valence-electron chi connectivity index (χ0n) is 11.9. The lowest BCUT2D eigenvalue weighted by molar-refractivity contribution is -0.117. The first kappa shape index (κ1) is 14.4. The topological polar surface area (TPSA) is 59.0 Å². The average Bonchev–Trinajstić information content (AvgIpc) is 2.89. The third kappa shape index (κ3) is 2.54. The molecule has 3 rings (SSSR count). The minimum absolute atomic E-state index is 0.0536. The lowest BCUT2D eigenvalue weighted by Crippen LogP contribution is -2.23. The summed E-state index contributed by atoms with van der Waals surface area (Å²) in [5, 5.41) is 11.8. The number of likely N-dealkylation sites (N-methyl/N-ethyl adjacent to an activating group) is 1. The van der Waals surface area contributed by atoms with Crippen LogP contribution < -0.4 is 10.6 Å². The molecular weight excluding hydrogens is 308 g/mol. The third-order valence-electron chi connectivity index (χ3n) is 3.40. The Morgan fingerprint density at radius 1 is 1.43 bits per heavy atom. The third-order valence-corrected chi connectivity index (χ3v) is 4.97. The molecule has 1 aliphatic rings. The highest BCUT2D eigenvalue weighted by Crippen LogP contribution is 2.41. The van der Waals surface area contributed by atoms with E-state index in [0.717, 1.165) is 26.9 Å². The Balaban J connectivity index is 1.97. The Bertz CT molecular complexity index is 728. The van der Waals surface area contributed by atoms with Gasteiger partial charge in [-0.15, -0.1) is 0 Å². The van der Waals surface area contributed by atoms with Gasteiger partial charge in [0.15, 0.2) is 0 Å². The van der Waals surface area contributed by atoms with Gasteiger partial charge in [-0.05, 0) is 32.2 Å². The number of rotatable bonds is 3. The van der Waals surface area contributed by atoms with Crippen molar-refractivity contribution in [1.82, 2.24) is 15.1 Å². The summed E-state index contributed by atoms with van der Waals surface area (Å²) in [4.78, 5) is 12.8. The van der Waals surface area contributed by atoms with Crippen molar-refractivity contribution in [1.29, 1.82) is 0 Å². The Kier molecular flexibility index (Phi) is 3.69. The van der Waals surface area contributed by atoms with E-state index in [1.165, 1.54) is 11.8 Å². The molecule has 1 atom stereocenters. The van der Waals surface area contributed by atoms with Crippen molar-refractivity contribution in [3.63, 3.8) is 0 Å². The monoisotopic (exact) mass is 322 g/mol. The van der Waals surface area contributed by atoms with Gasteiger partial charge in [-0.2, -0.15) is 5.10 Å². The van der Waals surface area contributed by atoms with Crippen LogP contribution in [0.15, 0.2) is 28.1 Å². The molecular formula is C14H15ClN4OS. The van der Waals surface area contributed by atoms with Gasteiger partial charge >= 0.3 is 0 Å². The van der Waals surface area contributed by atoms with E-state index >= 15 is 0 Å². The molecule has 2 N–H and O–H groups in total. The van der Waals surface area contributed by atoms with Crippen molar-refractivity contribution in [2.45, 2.75) is 22.9 Å². The summed E-state index contributed by atoms with van der Waals surface area (Å²) >= 11 is 7.90. The van der Waals surface area contributed by atoms with Gasteiger partial charge < -0.3 is 10.6 Å². The van der Waals surface area contributed by atoms with Crippen molar-refractivity contribution >= 4 is 35.0 Å². The van der Waals surface area contributed by atoms with Crippen molar-refractivity contribution in [2.24, 2.45) is 7.05 Å². The maximum absolute atomic E-state index is 11.9. The van der Waals surface area contributed by atoms with Crippen LogP contribution in [0.2, 0.25) is 5.02 Å². The number of aromatic nitrogens is 2. The molecule has 1 aromatic carbocycles. The van der Waals surface area contributed by atoms with Crippen LogP contribution in [-0.4, -0.2) is 22.7 Å². The van der Waals surface area contributed by atoms with Crippen LogP contribution >= 0.6 is 23.4 Å². The standard InChI is InChI=1S/C14H15ClN4OS/c1-7-4-12(19(3)18-7)21-11-6-10-8(5-9(11)15)13(16-2)14(20)17-10/h4-6,13,16H,1-3H3,(H,17,20). The molecule has 21 heavy (non-hydrogen) atoms. The number of amides is 1. The summed E-state index contributed by atoms with van der Waals surface area (Å²) in [6.07, 6.45) is 0. The predicted molar refractivity (Wildman–Crippen MR) is 84.0 cm³/mol. The lowest BCUT2D eigenvalue weighted by atomic mass is 10.1. The molecule has 0 radical (unpaired) electrons. The minimum Gasteiger partial charge on any atom is -0.324 e. The molecule has 5 nitrogen and oxygen atoms in total. The van der Waals surface area contributed by atoms with Crippen LogP contribution in [0.1, 0.15) is 17.3 Å². The van der Waals surface area contributed by atoms with Gasteiger partial charge in [0.05, 0.1) is 15.7 Å². The highest BCUT2D eigenvalue weighted by atomic mass is 35.5. The molecule has 0 aliphatic carbocycles. The average molecular weight is 323 g/mol. The fourth-order valence-corrected chi connectivity index (χ4v) is 3.67. The minimum atomic E-state index is -0.338. The number of benzene rings is 1. The summed E-state index contributed by atoms with van der Waals surface area (Å²) in [6, 6.07) is 5.43. The van der Waals surface area contributed by atoms with Crippen molar-refractivity contribution < 1.29 is 4.79 Å². The SMILES string of the molecule is CNC1C(=O)Nc2cc(Sc3cc(C)nn3C)c(Cl)cc21. The summed E-state index contributed by atoms with van der Waals surface area (Å²) in [5.74, 6) is -0.0536. The van der Waals surface area contributed by atoms with Crippen LogP contribution in [-0.2, 0) is 11.8 Å². The van der Waals surface area contributed by atoms with Crippen LogP contribution in [0.5, 0.6) is 0 Å². The molecule has 1 amide bonds. The van der Waals surface area contributed by atoms with Crippen LogP contribution in [0.3, 0.4) is 0 Å². The van der Waals surface area contributed by atoms with Gasteiger partial charge in [-0.3, -0.25) is 9.48 Å². The van der Waals surface area contributed by atoms with E-state index in [1.54, 1.807) is 7.05 Å². The van der Waals surface area contributed by atoms with Gasteiger partial charge in [0.2, 0.25) is 5.91 Å². The maximum atomic E-state index is 11.9. The molecule has 7 heteroatoms. The number of nitrogens with one attached hydrogen (secondary N) is 2. The maximum Gasteiger partial charge on any atom is 0.246 e. The molecule has 0 saturated heterocycles. The second kappa shape index (κ2) is 5.36. The van der Waals surface area contributed by atoms with Gasteiger partial charge in [-0.25, -0.2) is 0 Å². The summed E-state index contributed by atoms with van der Waals surface area (Å²) < 4.78 is 1.82. The van der Waals surface area contributed by atoms with Crippen LogP contribution in [0.4, 0.5) is 5.69 Å². The van der Waals surface area contributed by atoms with Gasteiger partial charge in [0.25, 0.3) is 0 Å². The Morgan fingerprint density at radius 3 is 2.81 bits per heavy atom. The normalized spacial score (nSPS) is 17.0. The number of halogens is 1.